The number of hydrogen-bond acceptors (Lipinski definition) is 6. The van der Waals surface area contributed by atoms with E-state index in [0.29, 0.717) is 16.9 Å². The molecule has 3 heterocycles. The van der Waals surface area contributed by atoms with Gasteiger partial charge in [-0.05, 0) is 60.9 Å². The lowest BCUT2D eigenvalue weighted by Crippen LogP contribution is -2.13. The van der Waals surface area contributed by atoms with E-state index in [1.165, 1.54) is 53.6 Å². The first-order valence-electron chi connectivity index (χ1n) is 11.9. The summed E-state index contributed by atoms with van der Waals surface area (Å²) in [5.41, 5.74) is 14.1. The Morgan fingerprint density at radius 2 is 1.89 bits per heavy atom. The normalized spacial score (nSPS) is 13.2. The zero-order chi connectivity index (χ0) is 23.9. The minimum Gasteiger partial charge on any atom is -0.382 e. The monoisotopic (exact) mass is 479 g/mol. The summed E-state index contributed by atoms with van der Waals surface area (Å²) in [6.07, 6.45) is 8.88. The SMILES string of the molecule is Cc1ccc2c(Cc3ccc4c(c3)CCCC4)nccc2c1NC(=O)c1csc2c(N)ncnc12. The summed E-state index contributed by atoms with van der Waals surface area (Å²) in [4.78, 5) is 26.3. The van der Waals surface area contributed by atoms with E-state index in [1.807, 2.05) is 25.3 Å². The largest absolute Gasteiger partial charge is 0.382 e. The summed E-state index contributed by atoms with van der Waals surface area (Å²) in [6.45, 7) is 2.00. The number of carbonyl (C=O) groups is 1. The molecule has 0 saturated carbocycles. The minimum atomic E-state index is -0.210. The molecule has 35 heavy (non-hydrogen) atoms. The summed E-state index contributed by atoms with van der Waals surface area (Å²) < 4.78 is 0.726. The summed E-state index contributed by atoms with van der Waals surface area (Å²) in [6, 6.07) is 13.0. The van der Waals surface area contributed by atoms with E-state index >= 15 is 0 Å². The maximum Gasteiger partial charge on any atom is 0.258 e. The number of benzene rings is 2. The molecule has 0 radical (unpaired) electrons. The molecule has 0 unspecified atom stereocenters. The standard InChI is InChI=1S/C28H25N5OS/c1-16-6-9-20-21(24(16)33-28(34)22-14-35-26-25(22)31-15-32-27(26)29)10-11-30-23(20)13-17-7-8-18-4-2-3-5-19(18)12-17/h6-12,14-15H,2-5,13H2,1H3,(H,33,34)(H2,29,31,32). The van der Waals surface area contributed by atoms with E-state index in [1.54, 1.807) is 5.38 Å². The van der Waals surface area contributed by atoms with Crippen LogP contribution in [-0.2, 0) is 19.3 Å². The molecule has 1 aliphatic rings. The molecule has 0 spiro atoms. The minimum absolute atomic E-state index is 0.210. The fourth-order valence-electron chi connectivity index (χ4n) is 5.03. The second-order valence-corrected chi connectivity index (χ2v) is 10.0. The van der Waals surface area contributed by atoms with Crippen LogP contribution < -0.4 is 11.1 Å². The number of anilines is 2. The molecule has 3 aromatic heterocycles. The van der Waals surface area contributed by atoms with Crippen molar-refractivity contribution < 1.29 is 4.79 Å². The summed E-state index contributed by atoms with van der Waals surface area (Å²) in [7, 11) is 0. The van der Waals surface area contributed by atoms with Gasteiger partial charge in [-0.15, -0.1) is 11.3 Å². The molecule has 0 atom stereocenters. The van der Waals surface area contributed by atoms with Crippen molar-refractivity contribution in [3.8, 4) is 0 Å². The first-order chi connectivity index (χ1) is 17.1. The Balaban J connectivity index is 1.35. The Hall–Kier alpha value is -3.84. The number of nitrogens with two attached hydrogens (primary N) is 1. The molecule has 2 aromatic carbocycles. The highest BCUT2D eigenvalue weighted by atomic mass is 32.1. The Morgan fingerprint density at radius 1 is 1.03 bits per heavy atom. The van der Waals surface area contributed by atoms with E-state index in [2.05, 4.69) is 39.6 Å². The number of rotatable bonds is 4. The molecule has 0 aliphatic heterocycles. The molecule has 0 saturated heterocycles. The number of nitrogen functional groups attached to an aromatic ring is 1. The third-order valence-corrected chi connectivity index (χ3v) is 7.88. The maximum absolute atomic E-state index is 13.3. The number of amides is 1. The quantitative estimate of drug-likeness (QED) is 0.337. The Morgan fingerprint density at radius 3 is 2.77 bits per heavy atom. The van der Waals surface area contributed by atoms with Gasteiger partial charge in [0.1, 0.15) is 12.1 Å². The number of carbonyl (C=O) groups excluding carboxylic acids is 1. The van der Waals surface area contributed by atoms with Gasteiger partial charge >= 0.3 is 0 Å². The van der Waals surface area contributed by atoms with Crippen LogP contribution in [0.3, 0.4) is 0 Å². The lowest BCUT2D eigenvalue weighted by Gasteiger charge is -2.17. The topological polar surface area (TPSA) is 93.8 Å². The molecule has 6 rings (SSSR count). The fourth-order valence-corrected chi connectivity index (χ4v) is 5.93. The van der Waals surface area contributed by atoms with Gasteiger partial charge in [-0.2, -0.15) is 0 Å². The molecule has 7 heteroatoms. The third-order valence-electron chi connectivity index (χ3n) is 6.89. The number of fused-ring (bicyclic) bond motifs is 3. The van der Waals surface area contributed by atoms with Gasteiger partial charge in [0.25, 0.3) is 5.91 Å². The van der Waals surface area contributed by atoms with Crippen LogP contribution in [0, 0.1) is 6.92 Å². The van der Waals surface area contributed by atoms with Crippen LogP contribution in [0.1, 0.15) is 51.1 Å². The van der Waals surface area contributed by atoms with Gasteiger partial charge in [0, 0.05) is 28.8 Å². The Bertz CT molecular complexity index is 1610. The Kier molecular flexibility index (Phi) is 5.41. The highest BCUT2D eigenvalue weighted by Gasteiger charge is 2.18. The van der Waals surface area contributed by atoms with E-state index in [9.17, 15) is 4.79 Å². The van der Waals surface area contributed by atoms with Crippen LogP contribution in [0.15, 0.2) is 54.3 Å². The number of thiophene rings is 1. The first kappa shape index (κ1) is 21.7. The predicted octanol–water partition coefficient (Wildman–Crippen LogP) is 5.85. The number of aryl methyl sites for hydroxylation is 3. The summed E-state index contributed by atoms with van der Waals surface area (Å²) in [5.74, 6) is 0.177. The number of hydrogen-bond donors (Lipinski definition) is 2. The molecule has 0 bridgehead atoms. The van der Waals surface area contributed by atoms with Crippen molar-refractivity contribution in [1.29, 1.82) is 0 Å². The van der Waals surface area contributed by atoms with Crippen LogP contribution in [-0.4, -0.2) is 20.9 Å². The van der Waals surface area contributed by atoms with Crippen LogP contribution in [0.5, 0.6) is 0 Å². The van der Waals surface area contributed by atoms with E-state index in [0.717, 1.165) is 45.3 Å². The highest BCUT2D eigenvalue weighted by molar-refractivity contribution is 7.18. The average Bonchev–Trinajstić information content (AvgIpc) is 3.31. The van der Waals surface area contributed by atoms with Gasteiger partial charge in [0.15, 0.2) is 0 Å². The van der Waals surface area contributed by atoms with Gasteiger partial charge in [-0.3, -0.25) is 9.78 Å². The van der Waals surface area contributed by atoms with Crippen LogP contribution in [0.4, 0.5) is 11.5 Å². The van der Waals surface area contributed by atoms with E-state index in [4.69, 9.17) is 10.7 Å². The lowest BCUT2D eigenvalue weighted by atomic mass is 9.89. The zero-order valence-corrected chi connectivity index (χ0v) is 20.3. The van der Waals surface area contributed by atoms with Crippen molar-refractivity contribution in [2.45, 2.75) is 39.0 Å². The lowest BCUT2D eigenvalue weighted by molar-refractivity contribution is 0.102. The van der Waals surface area contributed by atoms with E-state index in [-0.39, 0.29) is 5.91 Å². The van der Waals surface area contributed by atoms with Crippen LogP contribution in [0.2, 0.25) is 0 Å². The number of nitrogens with zero attached hydrogens (tertiary/aromatic N) is 3. The molecule has 174 valence electrons. The van der Waals surface area contributed by atoms with E-state index < -0.39 is 0 Å². The second-order valence-electron chi connectivity index (χ2n) is 9.14. The molecule has 5 aromatic rings. The summed E-state index contributed by atoms with van der Waals surface area (Å²) in [5, 5.41) is 6.95. The molecular weight excluding hydrogens is 454 g/mol. The Labute approximate surface area is 207 Å². The molecule has 3 N–H and O–H groups in total. The van der Waals surface area contributed by atoms with Gasteiger partial charge in [-0.1, -0.05) is 30.3 Å². The third kappa shape index (κ3) is 3.91. The van der Waals surface area contributed by atoms with Crippen LogP contribution >= 0.6 is 11.3 Å². The van der Waals surface area contributed by atoms with Crippen molar-refractivity contribution in [1.82, 2.24) is 15.0 Å². The maximum atomic E-state index is 13.3. The summed E-state index contributed by atoms with van der Waals surface area (Å²) >= 11 is 1.38. The molecule has 6 nitrogen and oxygen atoms in total. The predicted molar refractivity (Wildman–Crippen MR) is 142 cm³/mol. The van der Waals surface area contributed by atoms with Crippen molar-refractivity contribution in [3.05, 3.63) is 87.8 Å². The smallest absolute Gasteiger partial charge is 0.258 e. The van der Waals surface area contributed by atoms with Crippen molar-refractivity contribution in [2.75, 3.05) is 11.1 Å². The van der Waals surface area contributed by atoms with Gasteiger partial charge in [0.05, 0.1) is 27.2 Å². The number of pyridine rings is 1. The van der Waals surface area contributed by atoms with Gasteiger partial charge in [-0.25, -0.2) is 9.97 Å². The average molecular weight is 480 g/mol. The van der Waals surface area contributed by atoms with Crippen LogP contribution in [0.25, 0.3) is 21.0 Å². The fraction of sp³-hybridized carbons (Fsp3) is 0.214. The number of aromatic nitrogens is 3. The van der Waals surface area contributed by atoms with Gasteiger partial charge in [0.2, 0.25) is 0 Å². The highest BCUT2D eigenvalue weighted by Crippen LogP contribution is 2.32. The second kappa shape index (κ2) is 8.74. The van der Waals surface area contributed by atoms with Crippen molar-refractivity contribution in [2.24, 2.45) is 0 Å². The molecular formula is C28H25N5OS. The molecule has 1 amide bonds. The first-order valence-corrected chi connectivity index (χ1v) is 12.7. The van der Waals surface area contributed by atoms with Gasteiger partial charge < -0.3 is 11.1 Å². The molecule has 0 fully saturated rings. The van der Waals surface area contributed by atoms with Crippen molar-refractivity contribution in [3.63, 3.8) is 0 Å². The zero-order valence-electron chi connectivity index (χ0n) is 19.5. The van der Waals surface area contributed by atoms with Crippen molar-refractivity contribution >= 4 is 49.7 Å². The number of nitrogens with one attached hydrogen (secondary N) is 1. The molecule has 1 aliphatic carbocycles.